The van der Waals surface area contributed by atoms with Gasteiger partial charge in [0.2, 0.25) is 15.9 Å². The molecule has 0 spiro atoms. The number of nitrogens with zero attached hydrogens (tertiary/aromatic N) is 1. The molecular weight excluding hydrogens is 359 g/mol. The Morgan fingerprint density at radius 3 is 2.46 bits per heavy atom. The molecule has 0 aromatic heterocycles. The normalized spacial score (nSPS) is 20.0. The molecule has 1 N–H and O–H groups in total. The number of carbonyl (C=O) groups excluding carboxylic acids is 1. The summed E-state index contributed by atoms with van der Waals surface area (Å²) in [6.45, 7) is 1.51. The van der Waals surface area contributed by atoms with Gasteiger partial charge in [-0.1, -0.05) is 0 Å². The maximum absolute atomic E-state index is 12.9. The van der Waals surface area contributed by atoms with E-state index in [4.69, 9.17) is 0 Å². The van der Waals surface area contributed by atoms with E-state index in [1.165, 1.54) is 4.90 Å². The van der Waals surface area contributed by atoms with E-state index < -0.39 is 44.2 Å². The van der Waals surface area contributed by atoms with Crippen LogP contribution in [0.1, 0.15) is 13.3 Å². The second-order valence-electron chi connectivity index (χ2n) is 5.52. The standard InChI is InChI=1S/C14H19FN2O5S2/c1-2-17(12-7-8-23(19,20)10-12)14(18)9-16-24(21,22)13-5-3-11(15)4-6-13/h3-6,12,16H,2,7-10H2,1H3. The zero-order valence-electron chi connectivity index (χ0n) is 13.1. The van der Waals surface area contributed by atoms with Crippen LogP contribution in [0.3, 0.4) is 0 Å². The van der Waals surface area contributed by atoms with Crippen LogP contribution in [0.5, 0.6) is 0 Å². The fourth-order valence-corrected chi connectivity index (χ4v) is 5.32. The highest BCUT2D eigenvalue weighted by molar-refractivity contribution is 7.91. The van der Waals surface area contributed by atoms with Gasteiger partial charge in [0.1, 0.15) is 5.82 Å². The second-order valence-corrected chi connectivity index (χ2v) is 9.51. The van der Waals surface area contributed by atoms with E-state index in [1.807, 2.05) is 0 Å². The predicted octanol–water partition coefficient (Wildman–Crippen LogP) is 0.140. The zero-order valence-corrected chi connectivity index (χ0v) is 14.7. The Balaban J connectivity index is 2.02. The number of hydrogen-bond acceptors (Lipinski definition) is 5. The molecule has 24 heavy (non-hydrogen) atoms. The van der Waals surface area contributed by atoms with Crippen molar-refractivity contribution >= 4 is 25.8 Å². The predicted molar refractivity (Wildman–Crippen MR) is 86.0 cm³/mol. The molecule has 1 aliphatic heterocycles. The summed E-state index contributed by atoms with van der Waals surface area (Å²) < 4.78 is 62.2. The van der Waals surface area contributed by atoms with Gasteiger partial charge in [-0.2, -0.15) is 0 Å². The van der Waals surface area contributed by atoms with E-state index in [-0.39, 0.29) is 22.9 Å². The second kappa shape index (κ2) is 7.16. The molecule has 0 aliphatic carbocycles. The highest BCUT2D eigenvalue weighted by Crippen LogP contribution is 2.18. The summed E-state index contributed by atoms with van der Waals surface area (Å²) in [5, 5.41) is 0. The Morgan fingerprint density at radius 1 is 1.33 bits per heavy atom. The molecule has 2 rings (SSSR count). The third kappa shape index (κ3) is 4.52. The molecule has 1 heterocycles. The number of likely N-dealkylation sites (N-methyl/N-ethyl adjacent to an activating group) is 1. The van der Waals surface area contributed by atoms with Gasteiger partial charge in [0, 0.05) is 12.6 Å². The highest BCUT2D eigenvalue weighted by Gasteiger charge is 2.34. The number of benzene rings is 1. The van der Waals surface area contributed by atoms with Gasteiger partial charge in [-0.15, -0.1) is 0 Å². The lowest BCUT2D eigenvalue weighted by molar-refractivity contribution is -0.131. The quantitative estimate of drug-likeness (QED) is 0.759. The number of carbonyl (C=O) groups is 1. The van der Waals surface area contributed by atoms with E-state index in [1.54, 1.807) is 6.92 Å². The van der Waals surface area contributed by atoms with Crippen molar-refractivity contribution in [3.8, 4) is 0 Å². The fraction of sp³-hybridized carbons (Fsp3) is 0.500. The summed E-state index contributed by atoms with van der Waals surface area (Å²) in [6.07, 6.45) is 0.354. The van der Waals surface area contributed by atoms with Gasteiger partial charge in [-0.3, -0.25) is 4.79 Å². The number of halogens is 1. The summed E-state index contributed by atoms with van der Waals surface area (Å²) in [5.74, 6) is -1.13. The molecule has 0 saturated carbocycles. The fourth-order valence-electron chi connectivity index (χ4n) is 2.61. The van der Waals surface area contributed by atoms with E-state index in [2.05, 4.69) is 4.72 Å². The van der Waals surface area contributed by atoms with Crippen LogP contribution in [0.15, 0.2) is 29.2 Å². The molecule has 0 bridgehead atoms. The molecule has 1 aliphatic rings. The van der Waals surface area contributed by atoms with Crippen molar-refractivity contribution in [1.82, 2.24) is 9.62 Å². The molecule has 1 saturated heterocycles. The van der Waals surface area contributed by atoms with Crippen molar-refractivity contribution in [3.05, 3.63) is 30.1 Å². The molecule has 10 heteroatoms. The van der Waals surface area contributed by atoms with Crippen LogP contribution in [0.25, 0.3) is 0 Å². The van der Waals surface area contributed by atoms with Gasteiger partial charge in [0.05, 0.1) is 22.9 Å². The van der Waals surface area contributed by atoms with Crippen LogP contribution in [0.2, 0.25) is 0 Å². The first-order chi connectivity index (χ1) is 11.1. The minimum absolute atomic E-state index is 0.0305. The first-order valence-corrected chi connectivity index (χ1v) is 10.7. The molecular formula is C14H19FN2O5S2. The van der Waals surface area contributed by atoms with Gasteiger partial charge in [0.15, 0.2) is 9.84 Å². The SMILES string of the molecule is CCN(C(=O)CNS(=O)(=O)c1ccc(F)cc1)C1CCS(=O)(=O)C1. The van der Waals surface area contributed by atoms with Crippen LogP contribution < -0.4 is 4.72 Å². The van der Waals surface area contributed by atoms with Crippen molar-refractivity contribution in [2.75, 3.05) is 24.6 Å². The number of amides is 1. The Hall–Kier alpha value is -1.52. The molecule has 1 fully saturated rings. The number of rotatable bonds is 6. The highest BCUT2D eigenvalue weighted by atomic mass is 32.2. The van der Waals surface area contributed by atoms with Crippen LogP contribution in [-0.4, -0.2) is 58.3 Å². The average Bonchev–Trinajstić information content (AvgIpc) is 2.86. The van der Waals surface area contributed by atoms with E-state index in [0.29, 0.717) is 6.42 Å². The van der Waals surface area contributed by atoms with Gasteiger partial charge < -0.3 is 4.90 Å². The Kier molecular flexibility index (Phi) is 5.61. The maximum atomic E-state index is 12.9. The van der Waals surface area contributed by atoms with Crippen molar-refractivity contribution in [3.63, 3.8) is 0 Å². The molecule has 7 nitrogen and oxygen atoms in total. The van der Waals surface area contributed by atoms with E-state index >= 15 is 0 Å². The monoisotopic (exact) mass is 378 g/mol. The first-order valence-electron chi connectivity index (χ1n) is 7.40. The Labute approximate surface area is 140 Å². The topological polar surface area (TPSA) is 101 Å². The summed E-state index contributed by atoms with van der Waals surface area (Å²) in [6, 6.07) is 3.80. The largest absolute Gasteiger partial charge is 0.338 e. The molecule has 0 radical (unpaired) electrons. The van der Waals surface area contributed by atoms with Crippen LogP contribution in [0, 0.1) is 5.82 Å². The van der Waals surface area contributed by atoms with E-state index in [9.17, 15) is 26.0 Å². The number of hydrogen-bond donors (Lipinski definition) is 1. The Bertz CT molecular complexity index is 806. The first kappa shape index (κ1) is 18.8. The smallest absolute Gasteiger partial charge is 0.241 e. The summed E-state index contributed by atoms with van der Waals surface area (Å²) >= 11 is 0. The molecule has 1 aromatic carbocycles. The number of sulfone groups is 1. The summed E-state index contributed by atoms with van der Waals surface area (Å²) in [7, 11) is -7.09. The van der Waals surface area contributed by atoms with Crippen molar-refractivity contribution in [1.29, 1.82) is 0 Å². The minimum atomic E-state index is -3.94. The molecule has 1 amide bonds. The lowest BCUT2D eigenvalue weighted by Gasteiger charge is -2.27. The average molecular weight is 378 g/mol. The lowest BCUT2D eigenvalue weighted by atomic mass is 10.2. The van der Waals surface area contributed by atoms with Crippen molar-refractivity contribution in [2.24, 2.45) is 0 Å². The van der Waals surface area contributed by atoms with E-state index in [0.717, 1.165) is 24.3 Å². The van der Waals surface area contributed by atoms with Crippen LogP contribution >= 0.6 is 0 Å². The van der Waals surface area contributed by atoms with Crippen LogP contribution in [-0.2, 0) is 24.7 Å². The van der Waals surface area contributed by atoms with Gasteiger partial charge in [-0.05, 0) is 37.6 Å². The third-order valence-corrected chi connectivity index (χ3v) is 7.02. The van der Waals surface area contributed by atoms with Gasteiger partial charge in [0.25, 0.3) is 0 Å². The zero-order chi connectivity index (χ0) is 18.0. The van der Waals surface area contributed by atoms with Gasteiger partial charge in [-0.25, -0.2) is 25.9 Å². The molecule has 134 valence electrons. The van der Waals surface area contributed by atoms with Crippen LogP contribution in [0.4, 0.5) is 4.39 Å². The maximum Gasteiger partial charge on any atom is 0.241 e. The number of nitrogens with one attached hydrogen (secondary N) is 1. The van der Waals surface area contributed by atoms with Crippen molar-refractivity contribution in [2.45, 2.75) is 24.3 Å². The summed E-state index contributed by atoms with van der Waals surface area (Å²) in [5.41, 5.74) is 0. The van der Waals surface area contributed by atoms with Crippen molar-refractivity contribution < 1.29 is 26.0 Å². The minimum Gasteiger partial charge on any atom is -0.338 e. The molecule has 1 atom stereocenters. The molecule has 1 aromatic rings. The third-order valence-electron chi connectivity index (χ3n) is 3.85. The summed E-state index contributed by atoms with van der Waals surface area (Å²) in [4.78, 5) is 13.5. The van der Waals surface area contributed by atoms with Gasteiger partial charge >= 0.3 is 0 Å². The molecule has 1 unspecified atom stereocenters. The Morgan fingerprint density at radius 2 is 1.96 bits per heavy atom. The number of sulfonamides is 1. The lowest BCUT2D eigenvalue weighted by Crippen LogP contribution is -2.46.